The molecule has 94 valence electrons. The van der Waals surface area contributed by atoms with Crippen LogP contribution in [0.3, 0.4) is 0 Å². The zero-order valence-electron chi connectivity index (χ0n) is 9.90. The molecular weight excluding hydrogens is 250 g/mol. The molecule has 18 heavy (non-hydrogen) atoms. The van der Waals surface area contributed by atoms with Crippen LogP contribution in [-0.2, 0) is 4.79 Å². The maximum Gasteiger partial charge on any atom is 0.238 e. The molecule has 1 fully saturated rings. The molecule has 1 N–H and O–H groups in total. The van der Waals surface area contributed by atoms with Gasteiger partial charge in [-0.2, -0.15) is 5.26 Å². The summed E-state index contributed by atoms with van der Waals surface area (Å²) < 4.78 is 0. The molecule has 1 unspecified atom stereocenters. The van der Waals surface area contributed by atoms with Crippen LogP contribution in [-0.4, -0.2) is 29.9 Å². The first-order chi connectivity index (χ1) is 8.70. The highest BCUT2D eigenvalue weighted by molar-refractivity contribution is 6.33. The molecule has 1 saturated heterocycles. The van der Waals surface area contributed by atoms with Crippen LogP contribution in [0.1, 0.15) is 12.8 Å². The number of para-hydroxylation sites is 1. The predicted octanol–water partition coefficient (Wildman–Crippen LogP) is 2.27. The number of hydrogen-bond acceptors (Lipinski definition) is 3. The monoisotopic (exact) mass is 263 g/mol. The second-order valence-corrected chi connectivity index (χ2v) is 4.69. The number of nitrogens with one attached hydrogen (secondary N) is 1. The van der Waals surface area contributed by atoms with E-state index in [0.29, 0.717) is 10.7 Å². The normalized spacial score (nSPS) is 19.4. The number of anilines is 1. The minimum Gasteiger partial charge on any atom is -0.324 e. The first-order valence-corrected chi connectivity index (χ1v) is 6.26. The van der Waals surface area contributed by atoms with Gasteiger partial charge >= 0.3 is 0 Å². The Labute approximate surface area is 111 Å². The largest absolute Gasteiger partial charge is 0.324 e. The third-order valence-corrected chi connectivity index (χ3v) is 3.34. The van der Waals surface area contributed by atoms with Crippen LogP contribution in [0.4, 0.5) is 5.69 Å². The minimum absolute atomic E-state index is 0.134. The third kappa shape index (κ3) is 3.00. The standard InChI is InChI=1S/C13H14ClN3O/c14-11-5-1-2-6-12(11)16-13(18)9-17-7-3-4-10(17)8-15/h1-2,5-6,10H,3-4,7,9H2,(H,16,18). The highest BCUT2D eigenvalue weighted by atomic mass is 35.5. The van der Waals surface area contributed by atoms with Gasteiger partial charge in [-0.15, -0.1) is 0 Å². The molecule has 0 saturated carbocycles. The molecule has 1 atom stereocenters. The number of benzene rings is 1. The fourth-order valence-corrected chi connectivity index (χ4v) is 2.28. The van der Waals surface area contributed by atoms with Gasteiger partial charge in [0.05, 0.1) is 29.4 Å². The molecule has 0 bridgehead atoms. The molecule has 2 rings (SSSR count). The SMILES string of the molecule is N#CC1CCCN1CC(=O)Nc1ccccc1Cl. The van der Waals surface area contributed by atoms with E-state index >= 15 is 0 Å². The summed E-state index contributed by atoms with van der Waals surface area (Å²) in [6.07, 6.45) is 1.81. The van der Waals surface area contributed by atoms with E-state index in [1.165, 1.54) is 0 Å². The molecule has 4 nitrogen and oxygen atoms in total. The molecule has 0 aliphatic carbocycles. The second kappa shape index (κ2) is 5.85. The van der Waals surface area contributed by atoms with E-state index < -0.39 is 0 Å². The Balaban J connectivity index is 1.94. The van der Waals surface area contributed by atoms with Crippen LogP contribution in [0.15, 0.2) is 24.3 Å². The van der Waals surface area contributed by atoms with Crippen molar-refractivity contribution in [3.05, 3.63) is 29.3 Å². The smallest absolute Gasteiger partial charge is 0.238 e. The van der Waals surface area contributed by atoms with E-state index in [1.54, 1.807) is 12.1 Å². The summed E-state index contributed by atoms with van der Waals surface area (Å²) in [4.78, 5) is 13.8. The van der Waals surface area contributed by atoms with Crippen molar-refractivity contribution in [1.82, 2.24) is 4.90 Å². The van der Waals surface area contributed by atoms with E-state index in [2.05, 4.69) is 11.4 Å². The number of nitrogens with zero attached hydrogens (tertiary/aromatic N) is 2. The van der Waals surface area contributed by atoms with Gasteiger partial charge in [0.1, 0.15) is 0 Å². The summed E-state index contributed by atoms with van der Waals surface area (Å²) in [6.45, 7) is 1.04. The molecular formula is C13H14ClN3O. The summed E-state index contributed by atoms with van der Waals surface area (Å²) in [7, 11) is 0. The van der Waals surface area contributed by atoms with Gasteiger partial charge in [0, 0.05) is 6.54 Å². The van der Waals surface area contributed by atoms with Crippen molar-refractivity contribution < 1.29 is 4.79 Å². The van der Waals surface area contributed by atoms with Gasteiger partial charge in [-0.3, -0.25) is 9.69 Å². The molecule has 1 amide bonds. The summed E-state index contributed by atoms with van der Waals surface area (Å²) in [5, 5.41) is 12.2. The maximum atomic E-state index is 11.9. The summed E-state index contributed by atoms with van der Waals surface area (Å²) in [5.74, 6) is -0.134. The van der Waals surface area contributed by atoms with Crippen molar-refractivity contribution in [3.8, 4) is 6.07 Å². The Morgan fingerprint density at radius 3 is 3.06 bits per heavy atom. The summed E-state index contributed by atoms with van der Waals surface area (Å²) in [6, 6.07) is 9.19. The van der Waals surface area contributed by atoms with E-state index in [4.69, 9.17) is 16.9 Å². The number of carbonyl (C=O) groups is 1. The molecule has 1 aliphatic rings. The van der Waals surface area contributed by atoms with Gasteiger partial charge < -0.3 is 5.32 Å². The molecule has 0 aromatic heterocycles. The number of likely N-dealkylation sites (tertiary alicyclic amines) is 1. The highest BCUT2D eigenvalue weighted by Gasteiger charge is 2.25. The first kappa shape index (κ1) is 12.9. The van der Waals surface area contributed by atoms with Crippen LogP contribution >= 0.6 is 11.6 Å². The maximum absolute atomic E-state index is 11.9. The lowest BCUT2D eigenvalue weighted by atomic mass is 10.2. The van der Waals surface area contributed by atoms with Crippen LogP contribution < -0.4 is 5.32 Å². The number of amides is 1. The second-order valence-electron chi connectivity index (χ2n) is 4.29. The fraction of sp³-hybridized carbons (Fsp3) is 0.385. The molecule has 0 spiro atoms. The average molecular weight is 264 g/mol. The highest BCUT2D eigenvalue weighted by Crippen LogP contribution is 2.21. The number of halogens is 1. The molecule has 1 heterocycles. The van der Waals surface area contributed by atoms with Gasteiger partial charge in [0.2, 0.25) is 5.91 Å². The zero-order valence-corrected chi connectivity index (χ0v) is 10.7. The van der Waals surface area contributed by atoms with Crippen molar-refractivity contribution in [2.24, 2.45) is 0 Å². The van der Waals surface area contributed by atoms with Gasteiger partial charge in [0.15, 0.2) is 0 Å². The number of carbonyl (C=O) groups excluding carboxylic acids is 1. The number of nitriles is 1. The summed E-state index contributed by atoms with van der Waals surface area (Å²) in [5.41, 5.74) is 0.608. The Hall–Kier alpha value is -1.57. The van der Waals surface area contributed by atoms with E-state index in [1.807, 2.05) is 17.0 Å². The van der Waals surface area contributed by atoms with Crippen molar-refractivity contribution >= 4 is 23.2 Å². The van der Waals surface area contributed by atoms with Crippen molar-refractivity contribution in [2.75, 3.05) is 18.4 Å². The molecule has 1 aliphatic heterocycles. The van der Waals surface area contributed by atoms with Crippen LogP contribution in [0.5, 0.6) is 0 Å². The van der Waals surface area contributed by atoms with Crippen molar-refractivity contribution in [2.45, 2.75) is 18.9 Å². The van der Waals surface area contributed by atoms with Crippen molar-refractivity contribution in [1.29, 1.82) is 5.26 Å². The molecule has 0 radical (unpaired) electrons. The van der Waals surface area contributed by atoms with Crippen LogP contribution in [0.2, 0.25) is 5.02 Å². The summed E-state index contributed by atoms with van der Waals surface area (Å²) >= 11 is 5.96. The minimum atomic E-state index is -0.137. The fourth-order valence-electron chi connectivity index (χ4n) is 2.10. The van der Waals surface area contributed by atoms with Crippen molar-refractivity contribution in [3.63, 3.8) is 0 Å². The average Bonchev–Trinajstić information content (AvgIpc) is 2.79. The molecule has 5 heteroatoms. The lowest BCUT2D eigenvalue weighted by Gasteiger charge is -2.18. The Morgan fingerprint density at radius 1 is 1.56 bits per heavy atom. The molecule has 1 aromatic rings. The number of rotatable bonds is 3. The predicted molar refractivity (Wildman–Crippen MR) is 70.3 cm³/mol. The van der Waals surface area contributed by atoms with Crippen LogP contribution in [0.25, 0.3) is 0 Å². The third-order valence-electron chi connectivity index (χ3n) is 3.01. The van der Waals surface area contributed by atoms with Gasteiger partial charge in [-0.05, 0) is 25.0 Å². The number of hydrogen-bond donors (Lipinski definition) is 1. The van der Waals surface area contributed by atoms with Gasteiger partial charge in [0.25, 0.3) is 0 Å². The van der Waals surface area contributed by atoms with E-state index in [0.717, 1.165) is 19.4 Å². The Bertz CT molecular complexity index is 483. The Morgan fingerprint density at radius 2 is 2.33 bits per heavy atom. The van der Waals surface area contributed by atoms with E-state index in [-0.39, 0.29) is 18.5 Å². The lowest BCUT2D eigenvalue weighted by molar-refractivity contribution is -0.117. The lowest BCUT2D eigenvalue weighted by Crippen LogP contribution is -2.36. The first-order valence-electron chi connectivity index (χ1n) is 5.89. The zero-order chi connectivity index (χ0) is 13.0. The van der Waals surface area contributed by atoms with Gasteiger partial charge in [-0.25, -0.2) is 0 Å². The Kier molecular flexibility index (Phi) is 4.19. The topological polar surface area (TPSA) is 56.1 Å². The van der Waals surface area contributed by atoms with Gasteiger partial charge in [-0.1, -0.05) is 23.7 Å². The molecule has 1 aromatic carbocycles. The quantitative estimate of drug-likeness (QED) is 0.910. The van der Waals surface area contributed by atoms with Crippen LogP contribution in [0, 0.1) is 11.3 Å². The van der Waals surface area contributed by atoms with E-state index in [9.17, 15) is 4.79 Å².